The van der Waals surface area contributed by atoms with Crippen LogP contribution >= 0.6 is 0 Å². The molecule has 1 heterocycles. The summed E-state index contributed by atoms with van der Waals surface area (Å²) in [4.78, 5) is 11.9. The lowest BCUT2D eigenvalue weighted by Crippen LogP contribution is -2.10. The van der Waals surface area contributed by atoms with Crippen molar-refractivity contribution in [2.24, 2.45) is 0 Å². The van der Waals surface area contributed by atoms with Crippen molar-refractivity contribution >= 4 is 27.0 Å². The zero-order valence-corrected chi connectivity index (χ0v) is 15.2. The van der Waals surface area contributed by atoms with Crippen molar-refractivity contribution in [3.05, 3.63) is 65.0 Å². The van der Waals surface area contributed by atoms with Crippen LogP contribution in [0.1, 0.15) is 24.5 Å². The van der Waals surface area contributed by atoms with Gasteiger partial charge in [-0.15, -0.1) is 0 Å². The van der Waals surface area contributed by atoms with Gasteiger partial charge in [-0.3, -0.25) is 0 Å². The lowest BCUT2D eigenvalue weighted by Gasteiger charge is -2.13. The third-order valence-corrected chi connectivity index (χ3v) is 5.40. The molecule has 0 N–H and O–H groups in total. The molecule has 0 radical (unpaired) electrons. The Kier molecular flexibility index (Phi) is 4.86. The second-order valence-corrected chi connectivity index (χ2v) is 8.12. The van der Waals surface area contributed by atoms with E-state index in [1.165, 1.54) is 12.1 Å². The summed E-state index contributed by atoms with van der Waals surface area (Å²) >= 11 is 0. The quantitative estimate of drug-likeness (QED) is 0.739. The molecule has 0 saturated heterocycles. The number of hydrogen-bond donors (Lipinski definition) is 0. The monoisotopic (exact) mass is 396 g/mol. The third kappa shape index (κ3) is 3.49. The highest BCUT2D eigenvalue weighted by Gasteiger charge is 2.35. The largest absolute Gasteiger partial charge is 0.454 e. The van der Waals surface area contributed by atoms with Crippen molar-refractivity contribution in [1.82, 2.24) is 0 Å². The van der Waals surface area contributed by atoms with E-state index >= 15 is 0 Å². The summed E-state index contributed by atoms with van der Waals surface area (Å²) in [7, 11) is -3.76. The zero-order chi connectivity index (χ0) is 19.9. The molecule has 0 aromatic heterocycles. The molecule has 0 saturated carbocycles. The molecule has 1 atom stereocenters. The van der Waals surface area contributed by atoms with Crippen LogP contribution in [0.3, 0.4) is 0 Å². The molecule has 8 heteroatoms. The topological polar surface area (TPSA) is 60.4 Å². The number of halogens is 3. The maximum Gasteiger partial charge on any atom is 0.339 e. The first-order valence-electron chi connectivity index (χ1n) is 8.04. The van der Waals surface area contributed by atoms with Crippen molar-refractivity contribution in [2.45, 2.75) is 24.3 Å². The first kappa shape index (κ1) is 19.2. The van der Waals surface area contributed by atoms with E-state index in [1.807, 2.05) is 0 Å². The standard InChI is InChI=1S/C19H15F3O4S/c1-3-15-17(10-5-7-16(14(22)9-10)27(2,24)25)18(19(23)26-15)11-4-6-12(20)13(21)8-11/h4-9,15H,3H2,1-2H3. The highest BCUT2D eigenvalue weighted by atomic mass is 32.2. The Labute approximate surface area is 154 Å². The first-order valence-corrected chi connectivity index (χ1v) is 9.93. The number of hydrogen-bond acceptors (Lipinski definition) is 4. The summed E-state index contributed by atoms with van der Waals surface area (Å²) in [5.74, 6) is -3.91. The van der Waals surface area contributed by atoms with Gasteiger partial charge in [0.15, 0.2) is 21.5 Å². The van der Waals surface area contributed by atoms with Gasteiger partial charge in [-0.2, -0.15) is 0 Å². The number of carbonyl (C=O) groups excluding carboxylic acids is 1. The Morgan fingerprint density at radius 1 is 0.963 bits per heavy atom. The number of esters is 1. The fourth-order valence-electron chi connectivity index (χ4n) is 3.03. The molecule has 1 aliphatic heterocycles. The molecule has 27 heavy (non-hydrogen) atoms. The molecule has 2 aromatic rings. The molecule has 2 aromatic carbocycles. The van der Waals surface area contributed by atoms with Crippen molar-refractivity contribution in [3.63, 3.8) is 0 Å². The number of sulfone groups is 1. The van der Waals surface area contributed by atoms with Gasteiger partial charge in [-0.05, 0) is 41.8 Å². The van der Waals surface area contributed by atoms with Gasteiger partial charge < -0.3 is 4.74 Å². The van der Waals surface area contributed by atoms with Crippen LogP contribution in [0.2, 0.25) is 0 Å². The van der Waals surface area contributed by atoms with Gasteiger partial charge in [-0.1, -0.05) is 19.1 Å². The molecule has 3 rings (SSSR count). The predicted octanol–water partition coefficient (Wildman–Crippen LogP) is 3.75. The minimum Gasteiger partial charge on any atom is -0.454 e. The second-order valence-electron chi connectivity index (χ2n) is 6.14. The summed E-state index contributed by atoms with van der Waals surface area (Å²) in [6.07, 6.45) is 0.529. The molecular formula is C19H15F3O4S. The Morgan fingerprint density at radius 2 is 1.59 bits per heavy atom. The van der Waals surface area contributed by atoms with E-state index in [0.717, 1.165) is 30.5 Å². The fraction of sp³-hybridized carbons (Fsp3) is 0.211. The molecule has 0 amide bonds. The van der Waals surface area contributed by atoms with Crippen LogP contribution in [0.25, 0.3) is 11.1 Å². The minimum atomic E-state index is -3.76. The highest BCUT2D eigenvalue weighted by molar-refractivity contribution is 7.90. The smallest absolute Gasteiger partial charge is 0.339 e. The van der Waals surface area contributed by atoms with Crippen LogP contribution in [0.15, 0.2) is 41.3 Å². The van der Waals surface area contributed by atoms with Gasteiger partial charge >= 0.3 is 5.97 Å². The summed E-state index contributed by atoms with van der Waals surface area (Å²) in [6.45, 7) is 1.74. The number of ether oxygens (including phenoxy) is 1. The van der Waals surface area contributed by atoms with E-state index in [4.69, 9.17) is 4.74 Å². The van der Waals surface area contributed by atoms with E-state index in [-0.39, 0.29) is 16.7 Å². The Morgan fingerprint density at radius 3 is 2.15 bits per heavy atom. The lowest BCUT2D eigenvalue weighted by molar-refractivity contribution is -0.137. The van der Waals surface area contributed by atoms with Crippen LogP contribution in [-0.2, 0) is 19.4 Å². The van der Waals surface area contributed by atoms with Gasteiger partial charge in [0.25, 0.3) is 0 Å². The van der Waals surface area contributed by atoms with Crippen molar-refractivity contribution < 1.29 is 31.1 Å². The summed E-state index contributed by atoms with van der Waals surface area (Å²) in [6, 6.07) is 6.44. The molecule has 0 fully saturated rings. The molecule has 1 unspecified atom stereocenters. The highest BCUT2D eigenvalue weighted by Crippen LogP contribution is 2.39. The molecule has 4 nitrogen and oxygen atoms in total. The Balaban J connectivity index is 2.24. The average molecular weight is 396 g/mol. The molecular weight excluding hydrogens is 381 g/mol. The van der Waals surface area contributed by atoms with E-state index in [9.17, 15) is 26.4 Å². The van der Waals surface area contributed by atoms with Crippen LogP contribution < -0.4 is 0 Å². The molecule has 0 spiro atoms. The minimum absolute atomic E-state index is 0.00717. The number of rotatable bonds is 4. The van der Waals surface area contributed by atoms with Crippen molar-refractivity contribution in [3.8, 4) is 0 Å². The molecule has 0 aliphatic carbocycles. The second kappa shape index (κ2) is 6.84. The summed E-state index contributed by atoms with van der Waals surface area (Å²) in [5.41, 5.74) is 0.620. The van der Waals surface area contributed by atoms with E-state index in [1.54, 1.807) is 6.92 Å². The fourth-order valence-corrected chi connectivity index (χ4v) is 3.76. The average Bonchev–Trinajstić information content (AvgIpc) is 2.92. The third-order valence-electron chi connectivity index (χ3n) is 4.27. The van der Waals surface area contributed by atoms with E-state index in [0.29, 0.717) is 12.0 Å². The Bertz CT molecular complexity index is 1070. The van der Waals surface area contributed by atoms with Crippen molar-refractivity contribution in [2.75, 3.05) is 6.26 Å². The van der Waals surface area contributed by atoms with E-state index < -0.39 is 44.3 Å². The summed E-state index contributed by atoms with van der Waals surface area (Å²) < 4.78 is 69.7. The first-order chi connectivity index (χ1) is 12.6. The van der Waals surface area contributed by atoms with Crippen LogP contribution in [0.5, 0.6) is 0 Å². The van der Waals surface area contributed by atoms with Crippen LogP contribution in [-0.4, -0.2) is 26.7 Å². The van der Waals surface area contributed by atoms with Crippen molar-refractivity contribution in [1.29, 1.82) is 0 Å². The molecule has 1 aliphatic rings. The zero-order valence-electron chi connectivity index (χ0n) is 14.4. The summed E-state index contributed by atoms with van der Waals surface area (Å²) in [5, 5.41) is 0. The van der Waals surface area contributed by atoms with Crippen LogP contribution in [0.4, 0.5) is 13.2 Å². The van der Waals surface area contributed by atoms with Gasteiger partial charge in [0.2, 0.25) is 0 Å². The van der Waals surface area contributed by atoms with E-state index in [2.05, 4.69) is 0 Å². The van der Waals surface area contributed by atoms with Crippen LogP contribution in [0, 0.1) is 17.5 Å². The van der Waals surface area contributed by atoms with Gasteiger partial charge in [0.1, 0.15) is 16.8 Å². The maximum atomic E-state index is 14.3. The Hall–Kier alpha value is -2.61. The van der Waals surface area contributed by atoms with Gasteiger partial charge in [0, 0.05) is 11.8 Å². The maximum absolute atomic E-state index is 14.3. The number of benzene rings is 2. The molecule has 142 valence electrons. The van der Waals surface area contributed by atoms with Gasteiger partial charge in [-0.25, -0.2) is 26.4 Å². The number of carbonyl (C=O) groups is 1. The normalized spacial score (nSPS) is 17.4. The molecule has 0 bridgehead atoms. The lowest BCUT2D eigenvalue weighted by atomic mass is 9.92. The predicted molar refractivity (Wildman–Crippen MR) is 92.9 cm³/mol. The SMILES string of the molecule is CCC1OC(=O)C(c2ccc(F)c(F)c2)=C1c1ccc(S(C)(=O)=O)c(F)c1. The van der Waals surface area contributed by atoms with Gasteiger partial charge in [0.05, 0.1) is 5.57 Å². The number of cyclic esters (lactones) is 1.